The largest absolute Gasteiger partial charge is 0.454 e. The second-order valence-electron chi connectivity index (χ2n) is 6.05. The highest BCUT2D eigenvalue weighted by Gasteiger charge is 2.17. The predicted molar refractivity (Wildman–Crippen MR) is 93.3 cm³/mol. The van der Waals surface area contributed by atoms with E-state index in [1.807, 2.05) is 6.07 Å². The van der Waals surface area contributed by atoms with Gasteiger partial charge in [0.15, 0.2) is 11.5 Å². The zero-order valence-corrected chi connectivity index (χ0v) is 14.6. The number of rotatable bonds is 6. The van der Waals surface area contributed by atoms with Gasteiger partial charge < -0.3 is 19.7 Å². The summed E-state index contributed by atoms with van der Waals surface area (Å²) in [6, 6.07) is 8.26. The summed E-state index contributed by atoms with van der Waals surface area (Å²) in [7, 11) is 0. The van der Waals surface area contributed by atoms with Crippen LogP contribution in [0.25, 0.3) is 0 Å². The van der Waals surface area contributed by atoms with Crippen molar-refractivity contribution in [2.24, 2.45) is 0 Å². The van der Waals surface area contributed by atoms with Crippen LogP contribution in [-0.2, 0) is 16.1 Å². The number of ether oxygens (including phenoxy) is 2. The molecule has 8 heteroatoms. The monoisotopic (exact) mass is 376 g/mol. The summed E-state index contributed by atoms with van der Waals surface area (Å²) in [5.41, 5.74) is 0.728. The van der Waals surface area contributed by atoms with Crippen molar-refractivity contribution in [3.05, 3.63) is 53.6 Å². The minimum absolute atomic E-state index is 0.0268. The molecule has 0 radical (unpaired) electrons. The van der Waals surface area contributed by atoms with Crippen LogP contribution in [0, 0.1) is 11.6 Å². The van der Waals surface area contributed by atoms with Crippen LogP contribution in [0.2, 0.25) is 0 Å². The minimum Gasteiger partial charge on any atom is -0.454 e. The fraction of sp³-hybridized carbons (Fsp3) is 0.263. The van der Waals surface area contributed by atoms with Gasteiger partial charge in [-0.2, -0.15) is 0 Å². The van der Waals surface area contributed by atoms with Gasteiger partial charge in [0.2, 0.25) is 18.6 Å². The molecule has 0 bridgehead atoms. The molecule has 0 aliphatic carbocycles. The van der Waals surface area contributed by atoms with Crippen LogP contribution in [0.3, 0.4) is 0 Å². The summed E-state index contributed by atoms with van der Waals surface area (Å²) in [4.78, 5) is 25.4. The molecule has 2 amide bonds. The van der Waals surface area contributed by atoms with Gasteiger partial charge in [-0.3, -0.25) is 9.59 Å². The zero-order valence-electron chi connectivity index (χ0n) is 14.6. The topological polar surface area (TPSA) is 67.9 Å². The van der Waals surface area contributed by atoms with Crippen LogP contribution < -0.4 is 14.8 Å². The van der Waals surface area contributed by atoms with E-state index in [9.17, 15) is 18.4 Å². The van der Waals surface area contributed by atoms with E-state index in [2.05, 4.69) is 5.32 Å². The molecule has 0 fully saturated rings. The molecule has 3 rings (SSSR count). The first-order chi connectivity index (χ1) is 12.9. The molecule has 1 heterocycles. The Hall–Kier alpha value is -3.16. The Labute approximate surface area is 154 Å². The maximum absolute atomic E-state index is 13.6. The molecule has 0 saturated carbocycles. The number of amides is 2. The highest BCUT2D eigenvalue weighted by atomic mass is 19.1. The molecule has 6 nitrogen and oxygen atoms in total. The Morgan fingerprint density at radius 2 is 1.89 bits per heavy atom. The maximum Gasteiger partial charge on any atom is 0.231 e. The third kappa shape index (κ3) is 4.72. The summed E-state index contributed by atoms with van der Waals surface area (Å²) in [5, 5.41) is 2.37. The van der Waals surface area contributed by atoms with Crippen LogP contribution in [-0.4, -0.2) is 30.1 Å². The second-order valence-corrected chi connectivity index (χ2v) is 6.05. The number of hydrogen-bond donors (Lipinski definition) is 1. The Morgan fingerprint density at radius 3 is 2.63 bits per heavy atom. The van der Waals surface area contributed by atoms with Gasteiger partial charge in [-0.1, -0.05) is 6.07 Å². The first-order valence-corrected chi connectivity index (χ1v) is 8.31. The molecule has 0 saturated heterocycles. The van der Waals surface area contributed by atoms with Crippen LogP contribution >= 0.6 is 0 Å². The molecule has 0 aromatic heterocycles. The Balaban J connectivity index is 1.58. The normalized spacial score (nSPS) is 12.0. The molecule has 1 aliphatic heterocycles. The van der Waals surface area contributed by atoms with Crippen molar-refractivity contribution in [3.8, 4) is 11.5 Å². The first-order valence-electron chi connectivity index (χ1n) is 8.31. The number of anilines is 1. The molecule has 1 aliphatic rings. The molecule has 0 atom stereocenters. The first kappa shape index (κ1) is 18.6. The molecular weight excluding hydrogens is 358 g/mol. The van der Waals surface area contributed by atoms with E-state index in [0.717, 1.165) is 17.7 Å². The van der Waals surface area contributed by atoms with E-state index in [0.29, 0.717) is 24.1 Å². The van der Waals surface area contributed by atoms with Gasteiger partial charge >= 0.3 is 0 Å². The van der Waals surface area contributed by atoms with Gasteiger partial charge in [0.1, 0.15) is 11.6 Å². The van der Waals surface area contributed by atoms with Crippen molar-refractivity contribution in [1.29, 1.82) is 0 Å². The van der Waals surface area contributed by atoms with E-state index >= 15 is 0 Å². The molecule has 2 aromatic rings. The lowest BCUT2D eigenvalue weighted by atomic mass is 10.2. The van der Waals surface area contributed by atoms with Crippen molar-refractivity contribution in [3.63, 3.8) is 0 Å². The van der Waals surface area contributed by atoms with Gasteiger partial charge in [-0.25, -0.2) is 8.78 Å². The number of nitrogens with zero attached hydrogens (tertiary/aromatic N) is 1. The molecule has 142 valence electrons. The molecule has 0 unspecified atom stereocenters. The number of fused-ring (bicyclic) bond motifs is 1. The number of halogens is 2. The molecule has 1 N–H and O–H groups in total. The number of carbonyl (C=O) groups excluding carboxylic acids is 2. The number of nitrogens with one attached hydrogen (secondary N) is 1. The van der Waals surface area contributed by atoms with Crippen LogP contribution in [0.5, 0.6) is 11.5 Å². The van der Waals surface area contributed by atoms with Crippen LogP contribution in [0.15, 0.2) is 36.4 Å². The van der Waals surface area contributed by atoms with E-state index in [1.54, 1.807) is 12.1 Å². The molecule has 0 spiro atoms. The van der Waals surface area contributed by atoms with E-state index in [4.69, 9.17) is 9.47 Å². The standard InChI is InChI=1S/C19H18F2N2O4/c1-12(24)23(10-13-2-5-17-18(8-13)27-11-26-17)7-6-19(25)22-16-4-3-14(20)9-15(16)21/h2-5,8-9H,6-7,10-11H2,1H3,(H,22,25). The summed E-state index contributed by atoms with van der Waals surface area (Å²) >= 11 is 0. The van der Waals surface area contributed by atoms with E-state index in [-0.39, 0.29) is 31.4 Å². The summed E-state index contributed by atoms with van der Waals surface area (Å²) in [5.74, 6) is -0.996. The highest BCUT2D eigenvalue weighted by molar-refractivity contribution is 5.91. The molecule has 27 heavy (non-hydrogen) atoms. The summed E-state index contributed by atoms with van der Waals surface area (Å²) in [6.07, 6.45) is -0.0268. The lowest BCUT2D eigenvalue weighted by Gasteiger charge is -2.21. The Morgan fingerprint density at radius 1 is 1.11 bits per heavy atom. The average molecular weight is 376 g/mol. The average Bonchev–Trinajstić information content (AvgIpc) is 3.08. The maximum atomic E-state index is 13.6. The molecule has 2 aromatic carbocycles. The number of benzene rings is 2. The van der Waals surface area contributed by atoms with Crippen LogP contribution in [0.4, 0.5) is 14.5 Å². The van der Waals surface area contributed by atoms with Crippen LogP contribution in [0.1, 0.15) is 18.9 Å². The van der Waals surface area contributed by atoms with Crippen molar-refractivity contribution in [1.82, 2.24) is 4.90 Å². The summed E-state index contributed by atoms with van der Waals surface area (Å²) < 4.78 is 37.1. The van der Waals surface area contributed by atoms with Crippen molar-refractivity contribution < 1.29 is 27.8 Å². The molecular formula is C19H18F2N2O4. The quantitative estimate of drug-likeness (QED) is 0.841. The Kier molecular flexibility index (Phi) is 5.54. The SMILES string of the molecule is CC(=O)N(CCC(=O)Nc1ccc(F)cc1F)Cc1ccc2c(c1)OCO2. The van der Waals surface area contributed by atoms with Crippen molar-refractivity contribution in [2.45, 2.75) is 19.9 Å². The fourth-order valence-electron chi connectivity index (χ4n) is 2.65. The lowest BCUT2D eigenvalue weighted by Crippen LogP contribution is -2.31. The third-order valence-corrected chi connectivity index (χ3v) is 4.07. The predicted octanol–water partition coefficient (Wildman–Crippen LogP) is 3.07. The fourth-order valence-corrected chi connectivity index (χ4v) is 2.65. The van der Waals surface area contributed by atoms with Crippen molar-refractivity contribution in [2.75, 3.05) is 18.7 Å². The van der Waals surface area contributed by atoms with E-state index < -0.39 is 17.5 Å². The van der Waals surface area contributed by atoms with Gasteiger partial charge in [-0.05, 0) is 29.8 Å². The summed E-state index contributed by atoms with van der Waals surface area (Å²) in [6.45, 7) is 2.02. The second kappa shape index (κ2) is 8.03. The smallest absolute Gasteiger partial charge is 0.231 e. The van der Waals surface area contributed by atoms with Gasteiger partial charge in [0.25, 0.3) is 0 Å². The number of carbonyl (C=O) groups is 2. The number of hydrogen-bond acceptors (Lipinski definition) is 4. The lowest BCUT2D eigenvalue weighted by molar-refractivity contribution is -0.129. The Bertz CT molecular complexity index is 873. The van der Waals surface area contributed by atoms with Gasteiger partial charge in [-0.15, -0.1) is 0 Å². The van der Waals surface area contributed by atoms with E-state index in [1.165, 1.54) is 11.8 Å². The minimum atomic E-state index is -0.855. The van der Waals surface area contributed by atoms with Gasteiger partial charge in [0, 0.05) is 32.5 Å². The highest BCUT2D eigenvalue weighted by Crippen LogP contribution is 2.32. The van der Waals surface area contributed by atoms with Crippen molar-refractivity contribution >= 4 is 17.5 Å². The third-order valence-electron chi connectivity index (χ3n) is 4.07. The van der Waals surface area contributed by atoms with Gasteiger partial charge in [0.05, 0.1) is 5.69 Å². The zero-order chi connectivity index (χ0) is 19.4.